The predicted octanol–water partition coefficient (Wildman–Crippen LogP) is 3.90. The van der Waals surface area contributed by atoms with Crippen LogP contribution < -0.4 is 15.4 Å². The van der Waals surface area contributed by atoms with Crippen LogP contribution in [0.15, 0.2) is 42.7 Å². The number of methoxy groups -OCH3 is 1. The van der Waals surface area contributed by atoms with Gasteiger partial charge in [0, 0.05) is 30.2 Å². The van der Waals surface area contributed by atoms with Crippen molar-refractivity contribution in [2.75, 3.05) is 19.0 Å². The van der Waals surface area contributed by atoms with E-state index in [1.807, 2.05) is 0 Å². The third kappa shape index (κ3) is 7.08. The molecule has 2 aromatic heterocycles. The lowest BCUT2D eigenvalue weighted by Gasteiger charge is -2.15. The number of carbonyl (C=O) groups is 1. The van der Waals surface area contributed by atoms with E-state index in [1.165, 1.54) is 25.5 Å². The molecule has 1 atom stereocenters. The maximum absolute atomic E-state index is 11.2. The summed E-state index contributed by atoms with van der Waals surface area (Å²) < 4.78 is 5.05. The fraction of sp³-hybridized carbons (Fsp3) is 0.417. The molecule has 170 valence electrons. The zero-order valence-electron chi connectivity index (χ0n) is 18.4. The minimum absolute atomic E-state index is 0.0935. The Morgan fingerprint density at radius 1 is 1.34 bits per heavy atom. The number of anilines is 1. The van der Waals surface area contributed by atoms with E-state index in [4.69, 9.17) is 15.1 Å². The smallest absolute Gasteiger partial charge is 0.305 e. The Kier molecular flexibility index (Phi) is 8.60. The highest BCUT2D eigenvalue weighted by atomic mass is 16.5. The normalized spacial score (nSPS) is 14.2. The molecule has 0 amide bonds. The molecular weight excluding hydrogens is 406 g/mol. The number of hydrogen-bond donors (Lipinski definition) is 4. The van der Waals surface area contributed by atoms with Crippen molar-refractivity contribution in [3.8, 4) is 5.88 Å². The quantitative estimate of drug-likeness (QED) is 0.394. The van der Waals surface area contributed by atoms with E-state index in [2.05, 4.69) is 27.8 Å². The number of rotatable bonds is 11. The summed E-state index contributed by atoms with van der Waals surface area (Å²) in [6.45, 7) is 0.974. The molecule has 4 N–H and O–H groups in total. The first-order valence-electron chi connectivity index (χ1n) is 11.0. The van der Waals surface area contributed by atoms with Crippen LogP contribution in [0.5, 0.6) is 5.88 Å². The number of aliphatic carboxylic acids is 1. The molecule has 3 heterocycles. The Bertz CT molecular complexity index is 943. The molecule has 8 heteroatoms. The molecule has 3 rings (SSSR count). The Morgan fingerprint density at radius 3 is 2.97 bits per heavy atom. The summed E-state index contributed by atoms with van der Waals surface area (Å²) in [6.07, 6.45) is 10.5. The zero-order valence-corrected chi connectivity index (χ0v) is 18.4. The Hall–Kier alpha value is -3.42. The minimum atomic E-state index is -0.912. The van der Waals surface area contributed by atoms with Crippen molar-refractivity contribution < 1.29 is 14.6 Å². The lowest BCUT2D eigenvalue weighted by atomic mass is 10.1. The van der Waals surface area contributed by atoms with Crippen LogP contribution in [-0.4, -0.2) is 40.4 Å². The average Bonchev–Trinajstić information content (AvgIpc) is 3.03. The van der Waals surface area contributed by atoms with Crippen LogP contribution in [0.25, 0.3) is 0 Å². The summed E-state index contributed by atoms with van der Waals surface area (Å²) in [4.78, 5) is 20.1. The number of carboxylic acid groups (broad SMARTS) is 1. The van der Waals surface area contributed by atoms with Crippen molar-refractivity contribution in [3.63, 3.8) is 0 Å². The van der Waals surface area contributed by atoms with Crippen molar-refractivity contribution in [3.05, 3.63) is 59.6 Å². The second-order valence-corrected chi connectivity index (χ2v) is 7.86. The van der Waals surface area contributed by atoms with Crippen molar-refractivity contribution in [1.29, 1.82) is 5.41 Å². The maximum atomic E-state index is 11.2. The first-order chi connectivity index (χ1) is 15.5. The summed E-state index contributed by atoms with van der Waals surface area (Å²) in [7, 11) is 1.53. The topological polar surface area (TPSA) is 120 Å². The summed E-state index contributed by atoms with van der Waals surface area (Å²) in [5, 5.41) is 23.9. The molecule has 0 fully saturated rings. The number of nitrogens with zero attached hydrogens (tertiary/aromatic N) is 2. The molecule has 0 saturated heterocycles. The number of allylic oxidation sites excluding steroid dienone is 1. The van der Waals surface area contributed by atoms with Gasteiger partial charge in [-0.3, -0.25) is 4.79 Å². The minimum Gasteiger partial charge on any atom is -0.481 e. The number of carboxylic acids is 1. The molecular formula is C24H31N5O3. The third-order valence-electron chi connectivity index (χ3n) is 5.41. The average molecular weight is 438 g/mol. The summed E-state index contributed by atoms with van der Waals surface area (Å²) in [6, 6.07) is 7.30. The lowest BCUT2D eigenvalue weighted by Crippen LogP contribution is -2.19. The number of fused-ring (bicyclic) bond motifs is 1. The molecule has 0 aliphatic carbocycles. The highest BCUT2D eigenvalue weighted by Crippen LogP contribution is 2.21. The second-order valence-electron chi connectivity index (χ2n) is 7.86. The summed E-state index contributed by atoms with van der Waals surface area (Å²) in [5.74, 6) is 0.570. The van der Waals surface area contributed by atoms with Crippen LogP contribution in [0.1, 0.15) is 55.0 Å². The molecule has 1 aliphatic heterocycles. The van der Waals surface area contributed by atoms with Gasteiger partial charge in [0.1, 0.15) is 5.82 Å². The molecule has 0 bridgehead atoms. The fourth-order valence-corrected chi connectivity index (χ4v) is 3.64. The lowest BCUT2D eigenvalue weighted by molar-refractivity contribution is -0.137. The van der Waals surface area contributed by atoms with Crippen molar-refractivity contribution in [1.82, 2.24) is 15.3 Å². The van der Waals surface area contributed by atoms with Crippen LogP contribution in [0.3, 0.4) is 0 Å². The molecule has 8 nitrogen and oxygen atoms in total. The Labute approximate surface area is 188 Å². The van der Waals surface area contributed by atoms with E-state index in [9.17, 15) is 9.90 Å². The fourth-order valence-electron chi connectivity index (χ4n) is 3.64. The largest absolute Gasteiger partial charge is 0.481 e. The third-order valence-corrected chi connectivity index (χ3v) is 5.41. The molecule has 32 heavy (non-hydrogen) atoms. The van der Waals surface area contributed by atoms with E-state index in [1.54, 1.807) is 30.6 Å². The van der Waals surface area contributed by atoms with Gasteiger partial charge in [-0.2, -0.15) is 0 Å². The highest BCUT2D eigenvalue weighted by molar-refractivity contribution is 5.92. The number of aryl methyl sites for hydroxylation is 2. The van der Waals surface area contributed by atoms with E-state index in [0.29, 0.717) is 18.0 Å². The Morgan fingerprint density at radius 2 is 2.22 bits per heavy atom. The Balaban J connectivity index is 1.48. The number of hydrogen-bond acceptors (Lipinski definition) is 7. The van der Waals surface area contributed by atoms with Gasteiger partial charge >= 0.3 is 5.97 Å². The van der Waals surface area contributed by atoms with Gasteiger partial charge < -0.3 is 25.9 Å². The SMILES string of the molecule is COc1ccc(C(CC(=O)O)N/C=C\C(=N)CCCc2ccc3c(n2)NCCCC3)cn1. The van der Waals surface area contributed by atoms with E-state index < -0.39 is 12.0 Å². The van der Waals surface area contributed by atoms with E-state index in [-0.39, 0.29) is 6.42 Å². The number of ether oxygens (including phenoxy) is 1. The maximum Gasteiger partial charge on any atom is 0.305 e. The number of aromatic nitrogens is 2. The molecule has 1 unspecified atom stereocenters. The van der Waals surface area contributed by atoms with Gasteiger partial charge in [0.25, 0.3) is 0 Å². The monoisotopic (exact) mass is 437 g/mol. The number of pyridine rings is 2. The molecule has 1 aliphatic rings. The van der Waals surface area contributed by atoms with Crippen molar-refractivity contribution in [2.45, 2.75) is 51.0 Å². The van der Waals surface area contributed by atoms with Crippen LogP contribution in [0.4, 0.5) is 5.82 Å². The van der Waals surface area contributed by atoms with E-state index >= 15 is 0 Å². The predicted molar refractivity (Wildman–Crippen MR) is 124 cm³/mol. The standard InChI is InChI=1S/C24H31N5O3/c1-32-22-11-9-18(16-28-22)21(15-23(30)31)26-14-12-19(25)6-4-7-20-10-8-17-5-2-3-13-27-24(17)29-20/h8-12,14,16,21,25-26H,2-7,13,15H2,1H3,(H,27,29)(H,30,31)/b14-12-,25-19?. The first kappa shape index (κ1) is 23.2. The summed E-state index contributed by atoms with van der Waals surface area (Å²) in [5.41, 5.74) is 3.55. The number of nitrogens with one attached hydrogen (secondary N) is 3. The molecule has 2 aromatic rings. The van der Waals surface area contributed by atoms with Crippen LogP contribution in [0, 0.1) is 5.41 Å². The molecule has 0 saturated carbocycles. The molecule has 0 spiro atoms. The van der Waals surface area contributed by atoms with E-state index in [0.717, 1.165) is 42.9 Å². The van der Waals surface area contributed by atoms with Crippen LogP contribution in [0.2, 0.25) is 0 Å². The van der Waals surface area contributed by atoms with Crippen LogP contribution in [-0.2, 0) is 17.6 Å². The van der Waals surface area contributed by atoms with Crippen LogP contribution >= 0.6 is 0 Å². The van der Waals surface area contributed by atoms with Gasteiger partial charge in [0.2, 0.25) is 5.88 Å². The molecule has 0 aromatic carbocycles. The van der Waals surface area contributed by atoms with Crippen molar-refractivity contribution >= 4 is 17.5 Å². The first-order valence-corrected chi connectivity index (χ1v) is 11.0. The van der Waals surface area contributed by atoms with Gasteiger partial charge in [-0.25, -0.2) is 9.97 Å². The van der Waals surface area contributed by atoms with Gasteiger partial charge in [-0.15, -0.1) is 0 Å². The summed E-state index contributed by atoms with van der Waals surface area (Å²) >= 11 is 0. The van der Waals surface area contributed by atoms with Gasteiger partial charge in [-0.1, -0.05) is 12.1 Å². The van der Waals surface area contributed by atoms with Gasteiger partial charge in [0.05, 0.1) is 19.6 Å². The van der Waals surface area contributed by atoms with Crippen molar-refractivity contribution in [2.24, 2.45) is 0 Å². The molecule has 0 radical (unpaired) electrons. The zero-order chi connectivity index (χ0) is 22.8. The van der Waals surface area contributed by atoms with Gasteiger partial charge in [-0.05, 0) is 68.0 Å². The second kappa shape index (κ2) is 11.8. The van der Waals surface area contributed by atoms with Gasteiger partial charge in [0.15, 0.2) is 0 Å². The highest BCUT2D eigenvalue weighted by Gasteiger charge is 2.15.